The maximum atomic E-state index is 11.5. The largest absolute Gasteiger partial charge is 0.507 e. The first kappa shape index (κ1) is 28.2. The molecule has 0 saturated heterocycles. The van der Waals surface area contributed by atoms with Crippen LogP contribution in [0.25, 0.3) is 11.8 Å². The molecular formula is C39H42O3. The summed E-state index contributed by atoms with van der Waals surface area (Å²) in [5.41, 5.74) is 8.25. The van der Waals surface area contributed by atoms with E-state index in [-0.39, 0.29) is 16.7 Å². The van der Waals surface area contributed by atoms with Gasteiger partial charge in [0.15, 0.2) is 0 Å². The molecule has 1 spiro atoms. The molecule has 0 aliphatic carbocycles. The molecule has 216 valence electrons. The van der Waals surface area contributed by atoms with E-state index >= 15 is 0 Å². The molecule has 2 aliphatic rings. The van der Waals surface area contributed by atoms with Crippen LogP contribution in [0.4, 0.5) is 0 Å². The summed E-state index contributed by atoms with van der Waals surface area (Å²) in [5.74, 6) is 1.02. The molecule has 3 heteroatoms. The van der Waals surface area contributed by atoms with Crippen LogP contribution in [0.15, 0.2) is 84.9 Å². The highest BCUT2D eigenvalue weighted by atomic mass is 16.7. The Hall–Kier alpha value is -3.98. The maximum absolute atomic E-state index is 11.5. The Morgan fingerprint density at radius 1 is 0.786 bits per heavy atom. The predicted molar refractivity (Wildman–Crippen MR) is 172 cm³/mol. The van der Waals surface area contributed by atoms with Crippen molar-refractivity contribution in [3.63, 3.8) is 0 Å². The molecule has 2 atom stereocenters. The van der Waals surface area contributed by atoms with Gasteiger partial charge >= 0.3 is 0 Å². The summed E-state index contributed by atoms with van der Waals surface area (Å²) < 4.78 is 14.0. The Bertz CT molecular complexity index is 1630. The highest BCUT2D eigenvalue weighted by Gasteiger charge is 2.48. The van der Waals surface area contributed by atoms with Crippen molar-refractivity contribution in [2.45, 2.75) is 83.8 Å². The van der Waals surface area contributed by atoms with Crippen molar-refractivity contribution in [3.8, 4) is 11.5 Å². The van der Waals surface area contributed by atoms with E-state index in [9.17, 15) is 5.11 Å². The van der Waals surface area contributed by atoms with Gasteiger partial charge < -0.3 is 14.6 Å². The molecule has 4 aromatic rings. The highest BCUT2D eigenvalue weighted by molar-refractivity contribution is 5.81. The molecular weight excluding hydrogens is 516 g/mol. The Morgan fingerprint density at radius 3 is 2.05 bits per heavy atom. The Labute approximate surface area is 250 Å². The fraction of sp³-hybridized carbons (Fsp3) is 0.333. The van der Waals surface area contributed by atoms with Crippen LogP contribution in [-0.4, -0.2) is 5.11 Å². The number of aromatic hydroxyl groups is 1. The second-order valence-corrected chi connectivity index (χ2v) is 13.9. The molecule has 2 aliphatic heterocycles. The standard InChI is InChI=1S/C39H42O3/c1-8-25-17-19-26(20-18-25)35-23-27-13-9-11-15-31(27)39(42-35)24-30(29-14-10-12-16-34(29)41-39)28-21-32(37(2,3)4)36(40)33(22-28)38(5,6)7/h9-23,30,40H,8,24H2,1-7H3/t30-,39-/m1/s1. The van der Waals surface area contributed by atoms with Gasteiger partial charge in [-0.2, -0.15) is 0 Å². The number of fused-ring (bicyclic) bond motifs is 3. The van der Waals surface area contributed by atoms with E-state index in [0.29, 0.717) is 12.2 Å². The molecule has 6 rings (SSSR count). The van der Waals surface area contributed by atoms with Crippen LogP contribution in [-0.2, 0) is 27.8 Å². The lowest BCUT2D eigenvalue weighted by atomic mass is 9.73. The van der Waals surface area contributed by atoms with Crippen molar-refractivity contribution in [1.29, 1.82) is 0 Å². The fourth-order valence-corrected chi connectivity index (χ4v) is 6.41. The summed E-state index contributed by atoms with van der Waals surface area (Å²) >= 11 is 0. The van der Waals surface area contributed by atoms with E-state index in [1.807, 2.05) is 6.07 Å². The Balaban J connectivity index is 1.54. The van der Waals surface area contributed by atoms with Crippen molar-refractivity contribution in [1.82, 2.24) is 0 Å². The minimum Gasteiger partial charge on any atom is -0.507 e. The van der Waals surface area contributed by atoms with Gasteiger partial charge in [-0.25, -0.2) is 0 Å². The van der Waals surface area contributed by atoms with Gasteiger partial charge in [0.1, 0.15) is 17.3 Å². The molecule has 0 amide bonds. The lowest BCUT2D eigenvalue weighted by Crippen LogP contribution is -2.43. The normalized spacial score (nSPS) is 19.8. The van der Waals surface area contributed by atoms with E-state index in [1.165, 1.54) is 11.1 Å². The Morgan fingerprint density at radius 2 is 1.40 bits per heavy atom. The van der Waals surface area contributed by atoms with Gasteiger partial charge in [-0.15, -0.1) is 0 Å². The van der Waals surface area contributed by atoms with Crippen LogP contribution in [0.3, 0.4) is 0 Å². The quantitative estimate of drug-likeness (QED) is 0.272. The fourth-order valence-electron chi connectivity index (χ4n) is 6.41. The average Bonchev–Trinajstić information content (AvgIpc) is 2.96. The number of phenolic OH excluding ortho intramolecular Hbond substituents is 1. The topological polar surface area (TPSA) is 38.7 Å². The summed E-state index contributed by atoms with van der Waals surface area (Å²) in [4.78, 5) is 0. The van der Waals surface area contributed by atoms with Crippen molar-refractivity contribution in [2.75, 3.05) is 0 Å². The van der Waals surface area contributed by atoms with E-state index < -0.39 is 5.79 Å². The predicted octanol–water partition coefficient (Wildman–Crippen LogP) is 9.85. The molecule has 0 bridgehead atoms. The van der Waals surface area contributed by atoms with Crippen LogP contribution in [0.1, 0.15) is 105 Å². The molecule has 42 heavy (non-hydrogen) atoms. The van der Waals surface area contributed by atoms with Gasteiger partial charge in [-0.3, -0.25) is 0 Å². The number of hydrogen-bond acceptors (Lipinski definition) is 3. The number of phenols is 1. The number of rotatable bonds is 3. The highest BCUT2D eigenvalue weighted by Crippen LogP contribution is 2.54. The third-order valence-corrected chi connectivity index (χ3v) is 8.77. The molecule has 0 aromatic heterocycles. The molecule has 2 heterocycles. The molecule has 0 fully saturated rings. The molecule has 0 unspecified atom stereocenters. The molecule has 0 radical (unpaired) electrons. The molecule has 3 nitrogen and oxygen atoms in total. The Kier molecular flexibility index (Phi) is 6.76. The van der Waals surface area contributed by atoms with E-state index in [0.717, 1.165) is 51.3 Å². The lowest BCUT2D eigenvalue weighted by molar-refractivity contribution is -0.159. The lowest BCUT2D eigenvalue weighted by Gasteiger charge is -2.45. The monoisotopic (exact) mass is 558 g/mol. The summed E-state index contributed by atoms with van der Waals surface area (Å²) in [6.45, 7) is 15.2. The van der Waals surface area contributed by atoms with E-state index in [4.69, 9.17) is 9.47 Å². The van der Waals surface area contributed by atoms with Crippen molar-refractivity contribution >= 4 is 11.8 Å². The van der Waals surface area contributed by atoms with Gasteiger partial charge in [0.25, 0.3) is 5.79 Å². The van der Waals surface area contributed by atoms with Gasteiger partial charge in [-0.1, -0.05) is 127 Å². The zero-order valence-corrected chi connectivity index (χ0v) is 25.9. The van der Waals surface area contributed by atoms with Crippen LogP contribution >= 0.6 is 0 Å². The molecule has 1 N–H and O–H groups in total. The zero-order valence-electron chi connectivity index (χ0n) is 25.9. The average molecular weight is 559 g/mol. The number of hydrogen-bond donors (Lipinski definition) is 1. The minimum atomic E-state index is -1.01. The van der Waals surface area contributed by atoms with Gasteiger partial charge in [-0.05, 0) is 57.2 Å². The first-order valence-corrected chi connectivity index (χ1v) is 15.1. The summed E-state index contributed by atoms with van der Waals surface area (Å²) in [6.07, 6.45) is 3.73. The SMILES string of the molecule is CCc1ccc(C2=Cc3ccccc3[C@@]3(C[C@H](c4cc(C(C)(C)C)c(O)c(C(C)(C)C)c4)c4ccccc4O3)O2)cc1. The summed E-state index contributed by atoms with van der Waals surface area (Å²) in [5, 5.41) is 11.5. The smallest absolute Gasteiger partial charge is 0.279 e. The maximum Gasteiger partial charge on any atom is 0.279 e. The van der Waals surface area contributed by atoms with Gasteiger partial charge in [0, 0.05) is 29.0 Å². The first-order chi connectivity index (χ1) is 19.9. The number of para-hydroxylation sites is 1. The van der Waals surface area contributed by atoms with Crippen molar-refractivity contribution in [2.24, 2.45) is 0 Å². The van der Waals surface area contributed by atoms with Crippen molar-refractivity contribution in [3.05, 3.63) is 129 Å². The van der Waals surface area contributed by atoms with Gasteiger partial charge in [0.2, 0.25) is 0 Å². The number of benzene rings is 4. The second-order valence-electron chi connectivity index (χ2n) is 13.9. The second kappa shape index (κ2) is 10.1. The first-order valence-electron chi connectivity index (χ1n) is 15.1. The third-order valence-electron chi connectivity index (χ3n) is 8.77. The zero-order chi connectivity index (χ0) is 29.9. The minimum absolute atomic E-state index is 0.00683. The van der Waals surface area contributed by atoms with Crippen LogP contribution in [0.5, 0.6) is 11.5 Å². The van der Waals surface area contributed by atoms with E-state index in [1.54, 1.807) is 0 Å². The van der Waals surface area contributed by atoms with Crippen LogP contribution in [0.2, 0.25) is 0 Å². The van der Waals surface area contributed by atoms with E-state index in [2.05, 4.69) is 133 Å². The van der Waals surface area contributed by atoms with Crippen molar-refractivity contribution < 1.29 is 14.6 Å². The summed E-state index contributed by atoms with van der Waals surface area (Å²) in [7, 11) is 0. The van der Waals surface area contributed by atoms with Crippen LogP contribution < -0.4 is 4.74 Å². The van der Waals surface area contributed by atoms with Crippen LogP contribution in [0, 0.1) is 0 Å². The molecule has 0 saturated carbocycles. The number of aryl methyl sites for hydroxylation is 1. The van der Waals surface area contributed by atoms with Gasteiger partial charge in [0.05, 0.1) is 0 Å². The third kappa shape index (κ3) is 4.89. The number of ether oxygens (including phenoxy) is 2. The summed E-state index contributed by atoms with van der Waals surface area (Å²) in [6, 6.07) is 29.8. The molecule has 4 aromatic carbocycles.